The molecule has 0 aliphatic heterocycles. The van der Waals surface area contributed by atoms with Gasteiger partial charge in [-0.15, -0.1) is 11.3 Å². The van der Waals surface area contributed by atoms with Crippen molar-refractivity contribution in [3.63, 3.8) is 0 Å². The highest BCUT2D eigenvalue weighted by molar-refractivity contribution is 7.14. The van der Waals surface area contributed by atoms with Crippen molar-refractivity contribution >= 4 is 34.0 Å². The molecule has 0 atom stereocenters. The van der Waals surface area contributed by atoms with Gasteiger partial charge in [0.05, 0.1) is 24.4 Å². The molecule has 3 aromatic rings. The van der Waals surface area contributed by atoms with Gasteiger partial charge in [-0.25, -0.2) is 9.37 Å². The molecule has 28 heavy (non-hydrogen) atoms. The minimum absolute atomic E-state index is 0.0589. The molecule has 8 heteroatoms. The zero-order valence-electron chi connectivity index (χ0n) is 15.1. The predicted molar refractivity (Wildman–Crippen MR) is 106 cm³/mol. The number of halogens is 1. The van der Waals surface area contributed by atoms with E-state index < -0.39 is 11.7 Å². The first kappa shape index (κ1) is 19.5. The SMILES string of the molecule is CCOc1ccccc1NC(=O)Cc1csc(NC(=O)c2ccc(F)cc2)n1. The molecule has 1 aromatic heterocycles. The Morgan fingerprint density at radius 2 is 1.86 bits per heavy atom. The Kier molecular flexibility index (Phi) is 6.33. The summed E-state index contributed by atoms with van der Waals surface area (Å²) in [5.74, 6) is -0.446. The summed E-state index contributed by atoms with van der Waals surface area (Å²) >= 11 is 1.21. The second-order valence-electron chi connectivity index (χ2n) is 5.76. The highest BCUT2D eigenvalue weighted by atomic mass is 32.1. The Bertz CT molecular complexity index is 973. The van der Waals surface area contributed by atoms with Crippen molar-refractivity contribution in [3.05, 3.63) is 71.0 Å². The van der Waals surface area contributed by atoms with Crippen LogP contribution in [0.2, 0.25) is 0 Å². The van der Waals surface area contributed by atoms with Gasteiger partial charge in [0.25, 0.3) is 5.91 Å². The molecule has 6 nitrogen and oxygen atoms in total. The Morgan fingerprint density at radius 3 is 2.61 bits per heavy atom. The molecule has 1 heterocycles. The van der Waals surface area contributed by atoms with Crippen LogP contribution in [0.3, 0.4) is 0 Å². The highest BCUT2D eigenvalue weighted by Crippen LogP contribution is 2.24. The molecular weight excluding hydrogens is 381 g/mol. The van der Waals surface area contributed by atoms with Crippen LogP contribution in [0.15, 0.2) is 53.9 Å². The summed E-state index contributed by atoms with van der Waals surface area (Å²) in [7, 11) is 0. The molecule has 2 amide bonds. The third-order valence-corrected chi connectivity index (χ3v) is 4.49. The molecule has 2 N–H and O–H groups in total. The van der Waals surface area contributed by atoms with E-state index in [1.807, 2.05) is 19.1 Å². The number of carbonyl (C=O) groups is 2. The number of nitrogens with one attached hydrogen (secondary N) is 2. The van der Waals surface area contributed by atoms with Gasteiger partial charge in [0, 0.05) is 10.9 Å². The van der Waals surface area contributed by atoms with Gasteiger partial charge in [-0.1, -0.05) is 12.1 Å². The molecular formula is C20H18FN3O3S. The number of hydrogen-bond acceptors (Lipinski definition) is 5. The van der Waals surface area contributed by atoms with Gasteiger partial charge in [-0.2, -0.15) is 0 Å². The van der Waals surface area contributed by atoms with E-state index in [0.29, 0.717) is 34.4 Å². The third-order valence-electron chi connectivity index (χ3n) is 3.68. The first-order valence-electron chi connectivity index (χ1n) is 8.58. The Balaban J connectivity index is 1.59. The number of carbonyl (C=O) groups excluding carboxylic acids is 2. The van der Waals surface area contributed by atoms with Crippen LogP contribution < -0.4 is 15.4 Å². The van der Waals surface area contributed by atoms with Crippen LogP contribution in [0.4, 0.5) is 15.2 Å². The number of thiazole rings is 1. The highest BCUT2D eigenvalue weighted by Gasteiger charge is 2.13. The summed E-state index contributed by atoms with van der Waals surface area (Å²) < 4.78 is 18.4. The molecule has 0 unspecified atom stereocenters. The molecule has 0 spiro atoms. The number of ether oxygens (including phenoxy) is 1. The van der Waals surface area contributed by atoms with Gasteiger partial charge >= 0.3 is 0 Å². The molecule has 0 bridgehead atoms. The summed E-state index contributed by atoms with van der Waals surface area (Å²) in [5, 5.41) is 7.51. The lowest BCUT2D eigenvalue weighted by Crippen LogP contribution is -2.16. The normalized spacial score (nSPS) is 10.4. The molecule has 0 saturated carbocycles. The Hall–Kier alpha value is -3.26. The minimum Gasteiger partial charge on any atom is -0.492 e. The van der Waals surface area contributed by atoms with Gasteiger partial charge in [-0.05, 0) is 43.3 Å². The second kappa shape index (κ2) is 9.09. The van der Waals surface area contributed by atoms with Crippen LogP contribution in [0.1, 0.15) is 23.0 Å². The van der Waals surface area contributed by atoms with Crippen molar-refractivity contribution in [3.8, 4) is 5.75 Å². The zero-order valence-corrected chi connectivity index (χ0v) is 15.9. The lowest BCUT2D eigenvalue weighted by atomic mass is 10.2. The van der Waals surface area contributed by atoms with Crippen LogP contribution in [0.5, 0.6) is 5.75 Å². The molecule has 0 radical (unpaired) electrons. The Labute approximate surface area is 165 Å². The largest absolute Gasteiger partial charge is 0.492 e. The summed E-state index contributed by atoms with van der Waals surface area (Å²) in [6.07, 6.45) is 0.0589. The molecule has 0 saturated heterocycles. The molecule has 2 aromatic carbocycles. The van der Waals surface area contributed by atoms with Gasteiger partial charge in [0.2, 0.25) is 5.91 Å². The van der Waals surface area contributed by atoms with Gasteiger partial charge < -0.3 is 10.1 Å². The smallest absolute Gasteiger partial charge is 0.257 e. The summed E-state index contributed by atoms with van der Waals surface area (Å²) in [4.78, 5) is 28.7. The van der Waals surface area contributed by atoms with Crippen molar-refractivity contribution in [2.45, 2.75) is 13.3 Å². The molecule has 0 fully saturated rings. The summed E-state index contributed by atoms with van der Waals surface area (Å²) in [6.45, 7) is 2.37. The van der Waals surface area contributed by atoms with Crippen LogP contribution in [-0.2, 0) is 11.2 Å². The molecule has 3 rings (SSSR count). The number of aromatic nitrogens is 1. The number of hydrogen-bond donors (Lipinski definition) is 2. The number of benzene rings is 2. The van der Waals surface area contributed by atoms with E-state index in [1.54, 1.807) is 17.5 Å². The quantitative estimate of drug-likeness (QED) is 0.626. The van der Waals surface area contributed by atoms with Crippen molar-refractivity contribution in [2.75, 3.05) is 17.2 Å². The van der Waals surface area contributed by atoms with Crippen LogP contribution in [0, 0.1) is 5.82 Å². The monoisotopic (exact) mass is 399 g/mol. The van der Waals surface area contributed by atoms with E-state index in [0.717, 1.165) is 0 Å². The van der Waals surface area contributed by atoms with Crippen LogP contribution in [0.25, 0.3) is 0 Å². The van der Waals surface area contributed by atoms with Crippen LogP contribution >= 0.6 is 11.3 Å². The maximum absolute atomic E-state index is 12.9. The lowest BCUT2D eigenvalue weighted by molar-refractivity contribution is -0.115. The molecule has 0 aliphatic carbocycles. The average molecular weight is 399 g/mol. The standard InChI is InChI=1S/C20H18FN3O3S/c1-2-27-17-6-4-3-5-16(17)23-18(25)11-15-12-28-20(22-15)24-19(26)13-7-9-14(21)10-8-13/h3-10,12H,2,11H2,1H3,(H,23,25)(H,22,24,26). The van der Waals surface area contributed by atoms with Crippen molar-refractivity contribution in [2.24, 2.45) is 0 Å². The van der Waals surface area contributed by atoms with E-state index in [9.17, 15) is 14.0 Å². The van der Waals surface area contributed by atoms with Gasteiger partial charge in [0.1, 0.15) is 11.6 Å². The van der Waals surface area contributed by atoms with E-state index in [4.69, 9.17) is 4.74 Å². The number of nitrogens with zero attached hydrogens (tertiary/aromatic N) is 1. The van der Waals surface area contributed by atoms with E-state index in [2.05, 4.69) is 15.6 Å². The molecule has 0 aliphatic rings. The number of anilines is 2. The summed E-state index contributed by atoms with van der Waals surface area (Å²) in [5.41, 5.74) is 1.45. The van der Waals surface area contributed by atoms with E-state index >= 15 is 0 Å². The van der Waals surface area contributed by atoms with Crippen molar-refractivity contribution in [1.82, 2.24) is 4.98 Å². The van der Waals surface area contributed by atoms with Crippen LogP contribution in [-0.4, -0.2) is 23.4 Å². The Morgan fingerprint density at radius 1 is 1.11 bits per heavy atom. The van der Waals surface area contributed by atoms with E-state index in [1.165, 1.54) is 35.6 Å². The van der Waals surface area contributed by atoms with Gasteiger partial charge in [0.15, 0.2) is 5.13 Å². The predicted octanol–water partition coefficient (Wildman–Crippen LogP) is 4.11. The van der Waals surface area contributed by atoms with Gasteiger partial charge in [-0.3, -0.25) is 14.9 Å². The average Bonchev–Trinajstić information content (AvgIpc) is 3.10. The first-order valence-corrected chi connectivity index (χ1v) is 9.46. The third kappa shape index (κ3) is 5.14. The second-order valence-corrected chi connectivity index (χ2v) is 6.62. The fraction of sp³-hybridized carbons (Fsp3) is 0.150. The number of para-hydroxylation sites is 2. The number of amides is 2. The topological polar surface area (TPSA) is 80.3 Å². The minimum atomic E-state index is -0.412. The van der Waals surface area contributed by atoms with E-state index in [-0.39, 0.29) is 12.3 Å². The first-order chi connectivity index (χ1) is 13.5. The van der Waals surface area contributed by atoms with Crippen molar-refractivity contribution < 1.29 is 18.7 Å². The molecule has 144 valence electrons. The fourth-order valence-electron chi connectivity index (χ4n) is 2.43. The maximum Gasteiger partial charge on any atom is 0.257 e. The maximum atomic E-state index is 12.9. The fourth-order valence-corrected chi connectivity index (χ4v) is 3.13. The summed E-state index contributed by atoms with van der Waals surface area (Å²) in [6, 6.07) is 12.4. The van der Waals surface area contributed by atoms with Crippen molar-refractivity contribution in [1.29, 1.82) is 0 Å². The number of rotatable bonds is 7. The lowest BCUT2D eigenvalue weighted by Gasteiger charge is -2.10. The zero-order chi connectivity index (χ0) is 19.9.